The third-order valence-corrected chi connectivity index (χ3v) is 5.94. The number of para-hydroxylation sites is 1. The zero-order chi connectivity index (χ0) is 20.9. The number of carbonyl (C=O) groups is 2. The maximum Gasteiger partial charge on any atom is 0.232 e. The number of benzene rings is 2. The number of rotatable bonds is 8. The maximum atomic E-state index is 12.2. The highest BCUT2D eigenvalue weighted by Gasteiger charge is 2.21. The van der Waals surface area contributed by atoms with E-state index in [-0.39, 0.29) is 24.8 Å². The van der Waals surface area contributed by atoms with Crippen LogP contribution in [0.1, 0.15) is 25.7 Å². The van der Waals surface area contributed by atoms with E-state index in [1.807, 2.05) is 18.2 Å². The Kier molecular flexibility index (Phi) is 6.53. The van der Waals surface area contributed by atoms with Crippen molar-refractivity contribution in [3.8, 4) is 0 Å². The van der Waals surface area contributed by atoms with Crippen LogP contribution in [0.3, 0.4) is 0 Å². The molecule has 0 aliphatic carbocycles. The summed E-state index contributed by atoms with van der Waals surface area (Å²) in [4.78, 5) is 25.8. The van der Waals surface area contributed by atoms with E-state index in [9.17, 15) is 18.0 Å². The second-order valence-corrected chi connectivity index (χ2v) is 8.93. The summed E-state index contributed by atoms with van der Waals surface area (Å²) in [5, 5.41) is 2.81. The van der Waals surface area contributed by atoms with Crippen molar-refractivity contribution >= 4 is 38.9 Å². The van der Waals surface area contributed by atoms with E-state index in [2.05, 4.69) is 5.32 Å². The number of sulfonamides is 1. The molecule has 0 saturated carbocycles. The molecule has 1 aliphatic rings. The van der Waals surface area contributed by atoms with Crippen molar-refractivity contribution in [1.29, 1.82) is 0 Å². The zero-order valence-electron chi connectivity index (χ0n) is 16.4. The first-order valence-corrected chi connectivity index (χ1v) is 11.4. The Bertz CT molecular complexity index is 959. The van der Waals surface area contributed by atoms with E-state index in [0.717, 1.165) is 24.9 Å². The molecule has 0 bridgehead atoms. The Hall–Kier alpha value is -2.87. The Balaban J connectivity index is 1.52. The third-order valence-electron chi connectivity index (χ3n) is 4.75. The van der Waals surface area contributed by atoms with Crippen molar-refractivity contribution in [3.63, 3.8) is 0 Å². The quantitative estimate of drug-likeness (QED) is 0.718. The minimum atomic E-state index is -3.42. The van der Waals surface area contributed by atoms with Gasteiger partial charge in [-0.1, -0.05) is 18.2 Å². The van der Waals surface area contributed by atoms with Gasteiger partial charge in [-0.15, -0.1) is 0 Å². The molecule has 2 amide bonds. The molecule has 2 aromatic rings. The highest BCUT2D eigenvalue weighted by molar-refractivity contribution is 7.92. The van der Waals surface area contributed by atoms with Crippen LogP contribution in [-0.4, -0.2) is 39.6 Å². The average Bonchev–Trinajstić information content (AvgIpc) is 3.11. The first kappa shape index (κ1) is 20.9. The molecule has 2 aromatic carbocycles. The number of nitrogens with zero attached hydrogens (tertiary/aromatic N) is 2. The number of anilines is 3. The van der Waals surface area contributed by atoms with Crippen LogP contribution in [-0.2, 0) is 19.6 Å². The number of hydrogen-bond acceptors (Lipinski definition) is 4. The lowest BCUT2D eigenvalue weighted by Gasteiger charge is -2.22. The van der Waals surface area contributed by atoms with Gasteiger partial charge in [0.15, 0.2) is 0 Å². The summed E-state index contributed by atoms with van der Waals surface area (Å²) < 4.78 is 25.4. The molecule has 0 atom stereocenters. The zero-order valence-corrected chi connectivity index (χ0v) is 17.2. The molecule has 154 valence electrons. The molecule has 1 heterocycles. The molecule has 8 heteroatoms. The van der Waals surface area contributed by atoms with Gasteiger partial charge in [-0.3, -0.25) is 13.9 Å². The number of carbonyl (C=O) groups excluding carboxylic acids is 2. The fraction of sp³-hybridized carbons (Fsp3) is 0.333. The maximum absolute atomic E-state index is 12.2. The van der Waals surface area contributed by atoms with E-state index in [1.165, 1.54) is 4.31 Å². The van der Waals surface area contributed by atoms with E-state index < -0.39 is 10.0 Å². The highest BCUT2D eigenvalue weighted by atomic mass is 32.2. The van der Waals surface area contributed by atoms with Crippen molar-refractivity contribution in [3.05, 3.63) is 54.6 Å². The summed E-state index contributed by atoms with van der Waals surface area (Å²) in [5.74, 6) is -0.0628. The van der Waals surface area contributed by atoms with E-state index in [4.69, 9.17) is 0 Å². The van der Waals surface area contributed by atoms with Crippen molar-refractivity contribution in [2.45, 2.75) is 25.7 Å². The summed E-state index contributed by atoms with van der Waals surface area (Å²) in [6.45, 7) is 0.953. The number of hydrogen-bond donors (Lipinski definition) is 1. The summed E-state index contributed by atoms with van der Waals surface area (Å²) in [7, 11) is -3.42. The lowest BCUT2D eigenvalue weighted by Crippen LogP contribution is -2.31. The number of amides is 2. The normalized spacial score (nSPS) is 14.1. The van der Waals surface area contributed by atoms with Gasteiger partial charge in [0.1, 0.15) is 0 Å². The second-order valence-electron chi connectivity index (χ2n) is 7.02. The minimum absolute atomic E-state index is 0.121. The molecule has 0 radical (unpaired) electrons. The molecule has 1 fully saturated rings. The van der Waals surface area contributed by atoms with Gasteiger partial charge < -0.3 is 10.2 Å². The topological polar surface area (TPSA) is 86.8 Å². The van der Waals surface area contributed by atoms with Gasteiger partial charge >= 0.3 is 0 Å². The van der Waals surface area contributed by atoms with Gasteiger partial charge in [-0.05, 0) is 49.2 Å². The summed E-state index contributed by atoms with van der Waals surface area (Å²) in [5.41, 5.74) is 2.06. The molecule has 0 spiro atoms. The lowest BCUT2D eigenvalue weighted by molar-refractivity contribution is -0.117. The second kappa shape index (κ2) is 9.09. The van der Waals surface area contributed by atoms with Crippen LogP contribution in [0.2, 0.25) is 0 Å². The fourth-order valence-electron chi connectivity index (χ4n) is 3.33. The van der Waals surface area contributed by atoms with Crippen LogP contribution >= 0.6 is 0 Å². The van der Waals surface area contributed by atoms with E-state index in [0.29, 0.717) is 24.2 Å². The molecule has 0 aromatic heterocycles. The van der Waals surface area contributed by atoms with Gasteiger partial charge in [-0.2, -0.15) is 0 Å². The Morgan fingerprint density at radius 2 is 1.79 bits per heavy atom. The van der Waals surface area contributed by atoms with Gasteiger partial charge in [0, 0.05) is 37.3 Å². The molecule has 7 nitrogen and oxygen atoms in total. The highest BCUT2D eigenvalue weighted by Crippen LogP contribution is 2.23. The Morgan fingerprint density at radius 1 is 1.10 bits per heavy atom. The lowest BCUT2D eigenvalue weighted by atomic mass is 10.2. The van der Waals surface area contributed by atoms with Crippen LogP contribution < -0.4 is 14.5 Å². The summed E-state index contributed by atoms with van der Waals surface area (Å²) in [6.07, 6.45) is 3.20. The molecule has 0 unspecified atom stereocenters. The standard InChI is InChI=1S/C21H25N3O4S/c1-29(27,28)24(19-7-3-2-4-8-19)16-5-9-20(25)22-17-11-13-18(14-12-17)23-15-6-10-21(23)26/h2-4,7-8,11-14H,5-6,9-10,15-16H2,1H3,(H,22,25). The molecule has 1 saturated heterocycles. The van der Waals surface area contributed by atoms with Crippen LogP contribution in [0.25, 0.3) is 0 Å². The van der Waals surface area contributed by atoms with Crippen molar-refractivity contribution in [2.75, 3.05) is 33.9 Å². The molecule has 1 aliphatic heterocycles. The van der Waals surface area contributed by atoms with Crippen LogP contribution in [0, 0.1) is 0 Å². The fourth-order valence-corrected chi connectivity index (χ4v) is 4.30. The predicted octanol–water partition coefficient (Wildman–Crippen LogP) is 3.00. The molecule has 1 N–H and O–H groups in total. The smallest absolute Gasteiger partial charge is 0.232 e. The summed E-state index contributed by atoms with van der Waals surface area (Å²) in [6, 6.07) is 16.0. The van der Waals surface area contributed by atoms with Crippen molar-refractivity contribution < 1.29 is 18.0 Å². The predicted molar refractivity (Wildman–Crippen MR) is 115 cm³/mol. The Labute approximate surface area is 171 Å². The minimum Gasteiger partial charge on any atom is -0.326 e. The largest absolute Gasteiger partial charge is 0.326 e. The van der Waals surface area contributed by atoms with Gasteiger partial charge in [0.2, 0.25) is 21.8 Å². The third kappa shape index (κ3) is 5.57. The molecule has 3 rings (SSSR count). The van der Waals surface area contributed by atoms with Gasteiger partial charge in [0.05, 0.1) is 11.9 Å². The van der Waals surface area contributed by atoms with Gasteiger partial charge in [-0.25, -0.2) is 8.42 Å². The van der Waals surface area contributed by atoms with E-state index >= 15 is 0 Å². The molecule has 29 heavy (non-hydrogen) atoms. The van der Waals surface area contributed by atoms with Crippen LogP contribution in [0.5, 0.6) is 0 Å². The first-order valence-electron chi connectivity index (χ1n) is 9.57. The van der Waals surface area contributed by atoms with Crippen molar-refractivity contribution in [1.82, 2.24) is 0 Å². The van der Waals surface area contributed by atoms with Crippen LogP contribution in [0.15, 0.2) is 54.6 Å². The monoisotopic (exact) mass is 415 g/mol. The van der Waals surface area contributed by atoms with Crippen molar-refractivity contribution in [2.24, 2.45) is 0 Å². The van der Waals surface area contributed by atoms with Crippen LogP contribution in [0.4, 0.5) is 17.1 Å². The first-order chi connectivity index (χ1) is 13.8. The number of nitrogens with one attached hydrogen (secondary N) is 1. The average molecular weight is 416 g/mol. The Morgan fingerprint density at radius 3 is 2.38 bits per heavy atom. The SMILES string of the molecule is CS(=O)(=O)N(CCCC(=O)Nc1ccc(N2CCCC2=O)cc1)c1ccccc1. The van der Waals surface area contributed by atoms with Gasteiger partial charge in [0.25, 0.3) is 0 Å². The van der Waals surface area contributed by atoms with E-state index in [1.54, 1.807) is 41.3 Å². The summed E-state index contributed by atoms with van der Waals surface area (Å²) >= 11 is 0. The molecular formula is C21H25N3O4S. The molecular weight excluding hydrogens is 390 g/mol.